The lowest BCUT2D eigenvalue weighted by Crippen LogP contribution is -2.14. The van der Waals surface area contributed by atoms with Crippen LogP contribution in [0.3, 0.4) is 0 Å². The lowest BCUT2D eigenvalue weighted by Gasteiger charge is -2.15. The van der Waals surface area contributed by atoms with Crippen molar-refractivity contribution in [2.75, 3.05) is 24.9 Å². The topological polar surface area (TPSA) is 128 Å². The van der Waals surface area contributed by atoms with Gasteiger partial charge in [0.05, 0.1) is 27.1 Å². The minimum atomic E-state index is -0.144. The maximum Gasteiger partial charge on any atom is 0.230 e. The van der Waals surface area contributed by atoms with Crippen molar-refractivity contribution in [2.24, 2.45) is 0 Å². The van der Waals surface area contributed by atoms with Gasteiger partial charge in [0.25, 0.3) is 0 Å². The average molecular weight is 593 g/mol. The van der Waals surface area contributed by atoms with Crippen LogP contribution in [-0.4, -0.2) is 46.4 Å². The van der Waals surface area contributed by atoms with Crippen molar-refractivity contribution < 1.29 is 19.1 Å². The summed E-state index contributed by atoms with van der Waals surface area (Å²) >= 11 is 2.86. The number of rotatable bonds is 10. The average Bonchev–Trinajstić information content (AvgIpc) is 3.56. The molecule has 0 bridgehead atoms. The van der Waals surface area contributed by atoms with E-state index >= 15 is 0 Å². The Hall–Kier alpha value is -3.90. The van der Waals surface area contributed by atoms with Crippen LogP contribution in [0.1, 0.15) is 65.1 Å². The lowest BCUT2D eigenvalue weighted by atomic mass is 9.94. The van der Waals surface area contributed by atoms with Crippen LogP contribution in [0.5, 0.6) is 11.5 Å². The van der Waals surface area contributed by atoms with Crippen LogP contribution in [0.15, 0.2) is 48.5 Å². The third-order valence-electron chi connectivity index (χ3n) is 6.99. The summed E-state index contributed by atoms with van der Waals surface area (Å²) in [5, 5.41) is 26.0. The molecule has 12 heteroatoms. The van der Waals surface area contributed by atoms with E-state index < -0.39 is 0 Å². The zero-order valence-electron chi connectivity index (χ0n) is 23.0. The third kappa shape index (κ3) is 7.86. The van der Waals surface area contributed by atoms with Crippen molar-refractivity contribution in [3.05, 3.63) is 69.7 Å². The molecule has 2 atom stereocenters. The van der Waals surface area contributed by atoms with Gasteiger partial charge in [0, 0.05) is 11.8 Å². The van der Waals surface area contributed by atoms with Crippen LogP contribution in [0, 0.1) is 0 Å². The van der Waals surface area contributed by atoms with E-state index in [0.29, 0.717) is 10.3 Å². The summed E-state index contributed by atoms with van der Waals surface area (Å²) in [5.41, 5.74) is 1.73. The van der Waals surface area contributed by atoms with Gasteiger partial charge in [0.2, 0.25) is 22.1 Å². The van der Waals surface area contributed by atoms with E-state index in [9.17, 15) is 9.59 Å². The first-order chi connectivity index (χ1) is 20.0. The number of nitrogens with zero attached hydrogens (tertiary/aromatic N) is 4. The van der Waals surface area contributed by atoms with Gasteiger partial charge in [-0.15, -0.1) is 20.4 Å². The summed E-state index contributed by atoms with van der Waals surface area (Å²) in [5.74, 6) is 1.59. The van der Waals surface area contributed by atoms with Gasteiger partial charge in [-0.1, -0.05) is 59.8 Å². The van der Waals surface area contributed by atoms with Gasteiger partial charge in [-0.2, -0.15) is 0 Å². The normalized spacial score (nSPS) is 16.9. The fourth-order valence-electron chi connectivity index (χ4n) is 4.97. The van der Waals surface area contributed by atoms with E-state index in [1.54, 1.807) is 14.2 Å². The maximum absolute atomic E-state index is 12.6. The highest BCUT2D eigenvalue weighted by Crippen LogP contribution is 2.42. The van der Waals surface area contributed by atoms with Crippen LogP contribution in [0.25, 0.3) is 0 Å². The fourth-order valence-corrected chi connectivity index (χ4v) is 6.79. The zero-order chi connectivity index (χ0) is 28.6. The first kappa shape index (κ1) is 28.6. The predicted molar refractivity (Wildman–Crippen MR) is 159 cm³/mol. The van der Waals surface area contributed by atoms with Crippen molar-refractivity contribution in [3.8, 4) is 11.5 Å². The Bertz CT molecular complexity index is 1380. The summed E-state index contributed by atoms with van der Waals surface area (Å²) in [6, 6.07) is 14.9. The van der Waals surface area contributed by atoms with Crippen LogP contribution >= 0.6 is 22.7 Å². The minimum absolute atomic E-state index is 0.144. The smallest absolute Gasteiger partial charge is 0.230 e. The number of ether oxygens (including phenoxy) is 2. The highest BCUT2D eigenvalue weighted by Gasteiger charge is 2.28. The Morgan fingerprint density at radius 2 is 1.22 bits per heavy atom. The molecule has 2 aromatic heterocycles. The molecule has 2 N–H and O–H groups in total. The summed E-state index contributed by atoms with van der Waals surface area (Å²) in [6.07, 6.45) is 5.51. The summed E-state index contributed by atoms with van der Waals surface area (Å²) < 4.78 is 10.5. The highest BCUT2D eigenvalue weighted by molar-refractivity contribution is 7.15. The number of benzene rings is 2. The summed E-state index contributed by atoms with van der Waals surface area (Å²) in [6.45, 7) is 0. The second kappa shape index (κ2) is 13.6. The summed E-state index contributed by atoms with van der Waals surface area (Å²) in [7, 11) is 3.21. The molecule has 0 spiro atoms. The Morgan fingerprint density at radius 1 is 0.756 bits per heavy atom. The molecule has 10 nitrogen and oxygen atoms in total. The second-order valence-corrected chi connectivity index (χ2v) is 12.0. The number of carbonyl (C=O) groups excluding carboxylic acids is 2. The SMILES string of the molecule is COc1cccc(CC(=O)Nc2nnc([C@H]3CCCC[C@H](c4nnc(NC(=O)Cc5cccc(OC)c5)s4)C3)s2)c1. The zero-order valence-corrected chi connectivity index (χ0v) is 24.6. The van der Waals surface area contributed by atoms with Crippen molar-refractivity contribution in [1.82, 2.24) is 20.4 Å². The molecule has 1 fully saturated rings. The number of amides is 2. The van der Waals surface area contributed by atoms with Gasteiger partial charge >= 0.3 is 0 Å². The molecule has 2 amide bonds. The molecule has 41 heavy (non-hydrogen) atoms. The minimum Gasteiger partial charge on any atom is -0.497 e. The molecular weight excluding hydrogens is 560 g/mol. The van der Waals surface area contributed by atoms with E-state index in [1.807, 2.05) is 48.5 Å². The molecule has 0 aliphatic heterocycles. The molecule has 214 valence electrons. The van der Waals surface area contributed by atoms with E-state index in [4.69, 9.17) is 9.47 Å². The second-order valence-electron chi connectivity index (χ2n) is 9.96. The lowest BCUT2D eigenvalue weighted by molar-refractivity contribution is -0.116. The van der Waals surface area contributed by atoms with E-state index in [2.05, 4.69) is 31.0 Å². The van der Waals surface area contributed by atoms with Gasteiger partial charge in [-0.3, -0.25) is 9.59 Å². The van der Waals surface area contributed by atoms with Crippen molar-refractivity contribution in [3.63, 3.8) is 0 Å². The van der Waals surface area contributed by atoms with Crippen LogP contribution in [0.2, 0.25) is 0 Å². The maximum atomic E-state index is 12.6. The van der Waals surface area contributed by atoms with Crippen LogP contribution in [0.4, 0.5) is 10.3 Å². The molecule has 0 saturated heterocycles. The Balaban J connectivity index is 1.17. The van der Waals surface area contributed by atoms with Crippen LogP contribution < -0.4 is 20.1 Å². The van der Waals surface area contributed by atoms with Gasteiger partial charge in [-0.05, 0) is 54.7 Å². The number of carbonyl (C=O) groups is 2. The molecule has 1 aliphatic rings. The quantitative estimate of drug-likeness (QED) is 0.228. The predicted octanol–water partition coefficient (Wildman–Crippen LogP) is 5.60. The van der Waals surface area contributed by atoms with Gasteiger partial charge in [0.15, 0.2) is 0 Å². The molecule has 5 rings (SSSR count). The molecular formula is C29H32N6O4S2. The molecule has 2 aromatic carbocycles. The molecule has 1 saturated carbocycles. The van der Waals surface area contributed by atoms with Crippen molar-refractivity contribution >= 4 is 44.8 Å². The highest BCUT2D eigenvalue weighted by atomic mass is 32.1. The van der Waals surface area contributed by atoms with E-state index in [-0.39, 0.29) is 36.5 Å². The van der Waals surface area contributed by atoms with E-state index in [1.165, 1.54) is 22.7 Å². The standard InChI is InChI=1S/C29H32N6O4S2/c1-38-22-11-5-7-18(13-22)15-24(36)30-28-34-32-26(40-28)20-9-3-4-10-21(17-20)27-33-35-29(41-27)31-25(37)16-19-8-6-12-23(14-19)39-2/h5-8,11-14,20-21H,3-4,9-10,15-17H2,1-2H3,(H,30,34,36)(H,31,35,37)/t20-,21-/m0/s1. The first-order valence-electron chi connectivity index (χ1n) is 13.5. The largest absolute Gasteiger partial charge is 0.497 e. The molecule has 4 aromatic rings. The molecule has 0 radical (unpaired) electrons. The number of methoxy groups -OCH3 is 2. The number of aromatic nitrogens is 4. The van der Waals surface area contributed by atoms with Gasteiger partial charge in [-0.25, -0.2) is 0 Å². The van der Waals surface area contributed by atoms with E-state index in [0.717, 1.165) is 64.7 Å². The van der Waals surface area contributed by atoms with Gasteiger partial charge < -0.3 is 20.1 Å². The Labute approximate surface area is 246 Å². The molecule has 1 aliphatic carbocycles. The van der Waals surface area contributed by atoms with Crippen LogP contribution in [-0.2, 0) is 22.4 Å². The fraction of sp³-hybridized carbons (Fsp3) is 0.379. The number of hydrogen-bond acceptors (Lipinski definition) is 10. The molecule has 2 heterocycles. The van der Waals surface area contributed by atoms with Gasteiger partial charge in [0.1, 0.15) is 21.5 Å². The Morgan fingerprint density at radius 3 is 1.66 bits per heavy atom. The third-order valence-corrected chi connectivity index (χ3v) is 9.00. The Kier molecular flexibility index (Phi) is 9.52. The number of anilines is 2. The molecule has 0 unspecified atom stereocenters. The van der Waals surface area contributed by atoms with Crippen molar-refractivity contribution in [2.45, 2.75) is 56.8 Å². The first-order valence-corrected chi connectivity index (χ1v) is 15.1. The van der Waals surface area contributed by atoms with Crippen molar-refractivity contribution in [1.29, 1.82) is 0 Å². The summed E-state index contributed by atoms with van der Waals surface area (Å²) in [4.78, 5) is 25.2. The monoisotopic (exact) mass is 592 g/mol. The number of hydrogen-bond donors (Lipinski definition) is 2. The number of nitrogens with one attached hydrogen (secondary N) is 2.